The van der Waals surface area contributed by atoms with Gasteiger partial charge in [-0.25, -0.2) is 4.98 Å². The summed E-state index contributed by atoms with van der Waals surface area (Å²) in [6.45, 7) is 4.76. The zero-order valence-corrected chi connectivity index (χ0v) is 15.0. The minimum atomic E-state index is -0.0226. The molecular formula is C14H17BrClN5O2. The fourth-order valence-corrected chi connectivity index (χ4v) is 2.99. The van der Waals surface area contributed by atoms with Gasteiger partial charge in [0.15, 0.2) is 11.5 Å². The predicted molar refractivity (Wildman–Crippen MR) is 91.6 cm³/mol. The molecule has 1 aliphatic heterocycles. The van der Waals surface area contributed by atoms with Crippen molar-refractivity contribution in [2.45, 2.75) is 19.3 Å². The fourth-order valence-electron chi connectivity index (χ4n) is 2.60. The third-order valence-corrected chi connectivity index (χ3v) is 4.58. The first-order valence-electron chi connectivity index (χ1n) is 7.42. The van der Waals surface area contributed by atoms with Gasteiger partial charge < -0.3 is 14.6 Å². The molecule has 2 aromatic heterocycles. The number of aromatic nitrogens is 4. The number of rotatable bonds is 5. The number of imidazole rings is 1. The van der Waals surface area contributed by atoms with Crippen LogP contribution in [0.4, 0.5) is 5.82 Å². The molecule has 23 heavy (non-hydrogen) atoms. The van der Waals surface area contributed by atoms with Crippen LogP contribution in [0, 0.1) is 0 Å². The highest BCUT2D eigenvalue weighted by Crippen LogP contribution is 2.27. The van der Waals surface area contributed by atoms with Crippen LogP contribution in [-0.2, 0) is 9.53 Å². The Balaban J connectivity index is 1.96. The van der Waals surface area contributed by atoms with Crippen LogP contribution < -0.4 is 4.90 Å². The Kier molecular flexibility index (Phi) is 5.13. The summed E-state index contributed by atoms with van der Waals surface area (Å²) in [5.41, 5.74) is 1.28. The molecule has 0 amide bonds. The summed E-state index contributed by atoms with van der Waals surface area (Å²) in [4.78, 5) is 30.0. The third kappa shape index (κ3) is 3.64. The van der Waals surface area contributed by atoms with Gasteiger partial charge in [-0.05, 0) is 11.6 Å². The smallest absolute Gasteiger partial charge is 0.226 e. The molecule has 0 saturated carbocycles. The topological polar surface area (TPSA) is 84.0 Å². The van der Waals surface area contributed by atoms with E-state index in [1.54, 1.807) is 0 Å². The summed E-state index contributed by atoms with van der Waals surface area (Å²) in [6, 6.07) is 0. The molecule has 124 valence electrons. The van der Waals surface area contributed by atoms with Crippen molar-refractivity contribution in [3.63, 3.8) is 0 Å². The first kappa shape index (κ1) is 16.6. The van der Waals surface area contributed by atoms with E-state index in [1.807, 2.05) is 6.92 Å². The molecule has 1 unspecified atom stereocenters. The van der Waals surface area contributed by atoms with E-state index < -0.39 is 0 Å². The van der Waals surface area contributed by atoms with Crippen molar-refractivity contribution in [1.29, 1.82) is 0 Å². The monoisotopic (exact) mass is 401 g/mol. The SMILES string of the molecule is CC(CC(=O)CBr)c1nc2nc(Cl)nc(N3CCOCC3)c2[nH]1. The van der Waals surface area contributed by atoms with Gasteiger partial charge in [0.2, 0.25) is 5.28 Å². The van der Waals surface area contributed by atoms with Crippen LogP contribution in [-0.4, -0.2) is 57.4 Å². The van der Waals surface area contributed by atoms with Crippen LogP contribution in [0.25, 0.3) is 11.2 Å². The summed E-state index contributed by atoms with van der Waals surface area (Å²) < 4.78 is 5.38. The third-order valence-electron chi connectivity index (χ3n) is 3.78. The van der Waals surface area contributed by atoms with Crippen molar-refractivity contribution in [3.05, 3.63) is 11.1 Å². The number of alkyl halides is 1. The highest BCUT2D eigenvalue weighted by molar-refractivity contribution is 9.09. The number of carbonyl (C=O) groups excluding carboxylic acids is 1. The molecule has 2 aromatic rings. The van der Waals surface area contributed by atoms with Crippen molar-refractivity contribution in [3.8, 4) is 0 Å². The Labute approximate surface area is 146 Å². The van der Waals surface area contributed by atoms with E-state index in [-0.39, 0.29) is 17.0 Å². The lowest BCUT2D eigenvalue weighted by atomic mass is 10.1. The van der Waals surface area contributed by atoms with Gasteiger partial charge in [0, 0.05) is 25.4 Å². The van der Waals surface area contributed by atoms with Crippen molar-refractivity contribution in [1.82, 2.24) is 19.9 Å². The van der Waals surface area contributed by atoms with E-state index in [0.29, 0.717) is 30.6 Å². The molecule has 0 bridgehead atoms. The lowest BCUT2D eigenvalue weighted by Crippen LogP contribution is -2.37. The van der Waals surface area contributed by atoms with Crippen LogP contribution in [0.5, 0.6) is 0 Å². The summed E-state index contributed by atoms with van der Waals surface area (Å²) in [5, 5.41) is 0.517. The normalized spacial score (nSPS) is 16.7. The number of carbonyl (C=O) groups is 1. The molecule has 1 saturated heterocycles. The Hall–Kier alpha value is -1.25. The number of fused-ring (bicyclic) bond motifs is 1. The van der Waals surface area contributed by atoms with E-state index >= 15 is 0 Å². The summed E-state index contributed by atoms with van der Waals surface area (Å²) in [6.07, 6.45) is 0.416. The van der Waals surface area contributed by atoms with Gasteiger partial charge in [0.1, 0.15) is 17.1 Å². The lowest BCUT2D eigenvalue weighted by Gasteiger charge is -2.27. The molecule has 1 atom stereocenters. The van der Waals surface area contributed by atoms with E-state index in [4.69, 9.17) is 16.3 Å². The number of ether oxygens (including phenoxy) is 1. The molecule has 0 radical (unpaired) electrons. The number of Topliss-reactive ketones (excluding diaryl/α,β-unsaturated/α-hetero) is 1. The molecule has 0 aromatic carbocycles. The van der Waals surface area contributed by atoms with Gasteiger partial charge in [-0.3, -0.25) is 4.79 Å². The number of halogens is 2. The Morgan fingerprint density at radius 3 is 2.83 bits per heavy atom. The minimum absolute atomic E-state index is 0.0226. The Morgan fingerprint density at radius 2 is 2.13 bits per heavy atom. The maximum atomic E-state index is 11.6. The van der Waals surface area contributed by atoms with Gasteiger partial charge in [0.25, 0.3) is 0 Å². The number of aromatic amines is 1. The van der Waals surface area contributed by atoms with E-state index in [9.17, 15) is 4.79 Å². The van der Waals surface area contributed by atoms with Crippen LogP contribution >= 0.6 is 27.5 Å². The average Bonchev–Trinajstić information content (AvgIpc) is 2.98. The molecule has 3 rings (SSSR count). The fraction of sp³-hybridized carbons (Fsp3) is 0.571. The van der Waals surface area contributed by atoms with Gasteiger partial charge in [-0.15, -0.1) is 0 Å². The van der Waals surface area contributed by atoms with Crippen molar-refractivity contribution in [2.75, 3.05) is 36.5 Å². The quantitative estimate of drug-likeness (QED) is 0.610. The average molecular weight is 403 g/mol. The minimum Gasteiger partial charge on any atom is -0.378 e. The zero-order chi connectivity index (χ0) is 16.4. The van der Waals surface area contributed by atoms with Gasteiger partial charge in [0.05, 0.1) is 18.5 Å². The Morgan fingerprint density at radius 1 is 1.39 bits per heavy atom. The summed E-state index contributed by atoms with van der Waals surface area (Å²) in [5.74, 6) is 1.57. The zero-order valence-electron chi connectivity index (χ0n) is 12.7. The van der Waals surface area contributed by atoms with Crippen LogP contribution in [0.15, 0.2) is 0 Å². The maximum Gasteiger partial charge on any atom is 0.226 e. The number of nitrogens with zero attached hydrogens (tertiary/aromatic N) is 4. The number of ketones is 1. The van der Waals surface area contributed by atoms with Gasteiger partial charge >= 0.3 is 0 Å². The Bertz CT molecular complexity index is 717. The lowest BCUT2D eigenvalue weighted by molar-refractivity contribution is -0.116. The number of H-pyrrole nitrogens is 1. The molecule has 3 heterocycles. The largest absolute Gasteiger partial charge is 0.378 e. The van der Waals surface area contributed by atoms with Crippen molar-refractivity contribution in [2.24, 2.45) is 0 Å². The first-order valence-corrected chi connectivity index (χ1v) is 8.92. The second kappa shape index (κ2) is 7.11. The number of hydrogen-bond acceptors (Lipinski definition) is 6. The molecule has 0 aliphatic carbocycles. The predicted octanol–water partition coefficient (Wildman–Crippen LogP) is 2.30. The molecular weight excluding hydrogens is 386 g/mol. The van der Waals surface area contributed by atoms with Crippen molar-refractivity contribution >= 4 is 50.3 Å². The van der Waals surface area contributed by atoms with E-state index in [0.717, 1.165) is 30.2 Å². The number of hydrogen-bond donors (Lipinski definition) is 1. The molecule has 0 spiro atoms. The van der Waals surface area contributed by atoms with Gasteiger partial charge in [-0.1, -0.05) is 22.9 Å². The van der Waals surface area contributed by atoms with E-state index in [1.165, 1.54) is 0 Å². The van der Waals surface area contributed by atoms with Crippen LogP contribution in [0.3, 0.4) is 0 Å². The molecule has 1 fully saturated rings. The summed E-state index contributed by atoms with van der Waals surface area (Å²) in [7, 11) is 0. The highest BCUT2D eigenvalue weighted by atomic mass is 79.9. The maximum absolute atomic E-state index is 11.6. The number of nitrogens with one attached hydrogen (secondary N) is 1. The van der Waals surface area contributed by atoms with Gasteiger partial charge in [-0.2, -0.15) is 9.97 Å². The summed E-state index contributed by atoms with van der Waals surface area (Å²) >= 11 is 9.23. The number of morpholine rings is 1. The molecule has 1 N–H and O–H groups in total. The van der Waals surface area contributed by atoms with Crippen LogP contribution in [0.1, 0.15) is 25.1 Å². The molecule has 1 aliphatic rings. The second-order valence-electron chi connectivity index (χ2n) is 5.51. The van der Waals surface area contributed by atoms with Crippen LogP contribution in [0.2, 0.25) is 5.28 Å². The first-order chi connectivity index (χ1) is 11.1. The molecule has 9 heteroatoms. The highest BCUT2D eigenvalue weighted by Gasteiger charge is 2.21. The standard InChI is InChI=1S/C14H17BrClN5O2/c1-8(6-9(22)7-15)11-17-10-12(18-11)19-14(16)20-13(10)21-2-4-23-5-3-21/h8H,2-7H2,1H3,(H,17,18,19,20). The second-order valence-corrected chi connectivity index (χ2v) is 6.41. The van der Waals surface area contributed by atoms with E-state index in [2.05, 4.69) is 40.8 Å². The van der Waals surface area contributed by atoms with Crippen molar-refractivity contribution < 1.29 is 9.53 Å². The number of anilines is 1. The molecule has 7 nitrogen and oxygen atoms in total.